The van der Waals surface area contributed by atoms with Gasteiger partial charge in [0.25, 0.3) is 5.91 Å². The largest absolute Gasteiger partial charge is 0.493 e. The van der Waals surface area contributed by atoms with Crippen molar-refractivity contribution in [3.05, 3.63) is 59.1 Å². The van der Waals surface area contributed by atoms with Gasteiger partial charge >= 0.3 is 5.97 Å². The number of esters is 1. The maximum atomic E-state index is 12.8. The minimum absolute atomic E-state index is 0.00199. The SMILES string of the molecule is COc1ccc(-c2nc(CC(=O)OC(C)C(=O)N3CCc4ccccc43)cs2)cc1OC. The average Bonchev–Trinajstić information content (AvgIpc) is 3.45. The summed E-state index contributed by atoms with van der Waals surface area (Å²) < 4.78 is 16.0. The van der Waals surface area contributed by atoms with Crippen LogP contribution in [0.1, 0.15) is 18.2 Å². The summed E-state index contributed by atoms with van der Waals surface area (Å²) in [6.45, 7) is 2.21. The Morgan fingerprint density at radius 2 is 1.91 bits per heavy atom. The van der Waals surface area contributed by atoms with Gasteiger partial charge in [-0.2, -0.15) is 0 Å². The van der Waals surface area contributed by atoms with Crippen LogP contribution in [0.3, 0.4) is 0 Å². The first-order chi connectivity index (χ1) is 15.5. The summed E-state index contributed by atoms with van der Waals surface area (Å²) in [5.74, 6) is 0.544. The molecule has 4 rings (SSSR count). The average molecular weight is 453 g/mol. The summed E-state index contributed by atoms with van der Waals surface area (Å²) >= 11 is 1.42. The molecule has 0 saturated heterocycles. The monoisotopic (exact) mass is 452 g/mol. The van der Waals surface area contributed by atoms with E-state index in [1.807, 2.05) is 47.8 Å². The summed E-state index contributed by atoms with van der Waals surface area (Å²) in [5, 5.41) is 2.57. The number of benzene rings is 2. The minimum Gasteiger partial charge on any atom is -0.493 e. The zero-order valence-electron chi connectivity index (χ0n) is 18.2. The summed E-state index contributed by atoms with van der Waals surface area (Å²) in [5.41, 5.74) is 3.48. The highest BCUT2D eigenvalue weighted by molar-refractivity contribution is 7.13. The molecule has 2 aromatic carbocycles. The quantitative estimate of drug-likeness (QED) is 0.506. The molecule has 7 nitrogen and oxygen atoms in total. The number of carbonyl (C=O) groups is 2. The summed E-state index contributed by atoms with van der Waals surface area (Å²) in [6, 6.07) is 13.3. The van der Waals surface area contributed by atoms with Crippen molar-refractivity contribution in [1.29, 1.82) is 0 Å². The number of nitrogens with zero attached hydrogens (tertiary/aromatic N) is 2. The van der Waals surface area contributed by atoms with Gasteiger partial charge in [0.05, 0.1) is 26.3 Å². The molecule has 1 amide bonds. The van der Waals surface area contributed by atoms with E-state index in [0.29, 0.717) is 23.7 Å². The molecule has 2 heterocycles. The number of fused-ring (bicyclic) bond motifs is 1. The number of para-hydroxylation sites is 1. The fourth-order valence-corrected chi connectivity index (χ4v) is 4.53. The second-order valence-electron chi connectivity index (χ2n) is 7.39. The van der Waals surface area contributed by atoms with Gasteiger partial charge in [-0.25, -0.2) is 4.98 Å². The third-order valence-electron chi connectivity index (χ3n) is 5.32. The van der Waals surface area contributed by atoms with E-state index < -0.39 is 12.1 Å². The molecule has 1 unspecified atom stereocenters. The number of anilines is 1. The summed E-state index contributed by atoms with van der Waals surface area (Å²) in [7, 11) is 3.16. The molecular formula is C24H24N2O5S. The molecule has 1 aromatic heterocycles. The molecule has 0 radical (unpaired) electrons. The van der Waals surface area contributed by atoms with Crippen LogP contribution in [0.2, 0.25) is 0 Å². The Bertz CT molecular complexity index is 1140. The second-order valence-corrected chi connectivity index (χ2v) is 8.25. The first-order valence-electron chi connectivity index (χ1n) is 10.3. The van der Waals surface area contributed by atoms with E-state index in [1.54, 1.807) is 26.0 Å². The fraction of sp³-hybridized carbons (Fsp3) is 0.292. The van der Waals surface area contributed by atoms with Gasteiger partial charge in [-0.3, -0.25) is 9.59 Å². The van der Waals surface area contributed by atoms with Crippen molar-refractivity contribution in [2.45, 2.75) is 25.9 Å². The van der Waals surface area contributed by atoms with E-state index in [2.05, 4.69) is 4.98 Å². The number of hydrogen-bond acceptors (Lipinski definition) is 7. The Balaban J connectivity index is 1.38. The number of hydrogen-bond donors (Lipinski definition) is 0. The van der Waals surface area contributed by atoms with Gasteiger partial charge in [-0.05, 0) is 43.2 Å². The van der Waals surface area contributed by atoms with Crippen LogP contribution in [0.4, 0.5) is 5.69 Å². The van der Waals surface area contributed by atoms with Crippen LogP contribution in [-0.4, -0.2) is 43.7 Å². The maximum absolute atomic E-state index is 12.8. The van der Waals surface area contributed by atoms with E-state index >= 15 is 0 Å². The lowest BCUT2D eigenvalue weighted by atomic mass is 10.2. The third kappa shape index (κ3) is 4.45. The number of aromatic nitrogens is 1. The van der Waals surface area contributed by atoms with E-state index in [1.165, 1.54) is 11.3 Å². The molecule has 3 aromatic rings. The molecule has 166 valence electrons. The third-order valence-corrected chi connectivity index (χ3v) is 6.26. The van der Waals surface area contributed by atoms with Crippen molar-refractivity contribution < 1.29 is 23.8 Å². The van der Waals surface area contributed by atoms with E-state index in [9.17, 15) is 9.59 Å². The Hall–Kier alpha value is -3.39. The topological polar surface area (TPSA) is 78.0 Å². The van der Waals surface area contributed by atoms with Gasteiger partial charge in [0.2, 0.25) is 0 Å². The van der Waals surface area contributed by atoms with Crippen LogP contribution in [0.5, 0.6) is 11.5 Å². The van der Waals surface area contributed by atoms with Crippen molar-refractivity contribution >= 4 is 28.9 Å². The van der Waals surface area contributed by atoms with Gasteiger partial charge in [0.15, 0.2) is 17.6 Å². The molecule has 1 atom stereocenters. The maximum Gasteiger partial charge on any atom is 0.312 e. The molecule has 0 aliphatic carbocycles. The lowest BCUT2D eigenvalue weighted by Crippen LogP contribution is -2.39. The van der Waals surface area contributed by atoms with Crippen LogP contribution < -0.4 is 14.4 Å². The lowest BCUT2D eigenvalue weighted by Gasteiger charge is -2.21. The van der Waals surface area contributed by atoms with Gasteiger partial charge in [0, 0.05) is 23.2 Å². The fourth-order valence-electron chi connectivity index (χ4n) is 3.71. The first kappa shape index (κ1) is 21.8. The van der Waals surface area contributed by atoms with Crippen LogP contribution >= 0.6 is 11.3 Å². The normalized spacial score (nSPS) is 13.4. The van der Waals surface area contributed by atoms with Crippen LogP contribution in [0, 0.1) is 0 Å². The highest BCUT2D eigenvalue weighted by atomic mass is 32.1. The summed E-state index contributed by atoms with van der Waals surface area (Å²) in [4.78, 5) is 31.5. The number of ether oxygens (including phenoxy) is 3. The van der Waals surface area contributed by atoms with E-state index in [-0.39, 0.29) is 12.3 Å². The molecule has 0 bridgehead atoms. The molecule has 0 saturated carbocycles. The van der Waals surface area contributed by atoms with Crippen LogP contribution in [0.15, 0.2) is 47.8 Å². The van der Waals surface area contributed by atoms with Crippen molar-refractivity contribution in [3.8, 4) is 22.1 Å². The predicted molar refractivity (Wildman–Crippen MR) is 122 cm³/mol. The zero-order valence-corrected chi connectivity index (χ0v) is 19.0. The first-order valence-corrected chi connectivity index (χ1v) is 11.1. The van der Waals surface area contributed by atoms with Gasteiger partial charge in [0.1, 0.15) is 5.01 Å². The van der Waals surface area contributed by atoms with Crippen molar-refractivity contribution in [3.63, 3.8) is 0 Å². The predicted octanol–water partition coefficient (Wildman–Crippen LogP) is 3.89. The van der Waals surface area contributed by atoms with E-state index in [4.69, 9.17) is 14.2 Å². The standard InChI is InChI=1S/C24H24N2O5S/c1-15(24(28)26-11-10-16-6-4-5-7-19(16)26)31-22(27)13-18-14-32-23(25-18)17-8-9-20(29-2)21(12-17)30-3/h4-9,12,14-15H,10-11,13H2,1-3H3. The molecule has 0 fully saturated rings. The number of carbonyl (C=O) groups excluding carboxylic acids is 2. The minimum atomic E-state index is -0.863. The lowest BCUT2D eigenvalue weighted by molar-refractivity contribution is -0.153. The number of amides is 1. The Labute approximate surface area is 190 Å². The highest BCUT2D eigenvalue weighted by Crippen LogP contribution is 2.33. The van der Waals surface area contributed by atoms with Crippen LogP contribution in [-0.2, 0) is 27.2 Å². The smallest absolute Gasteiger partial charge is 0.312 e. The molecule has 0 spiro atoms. The highest BCUT2D eigenvalue weighted by Gasteiger charge is 2.29. The van der Waals surface area contributed by atoms with Crippen LogP contribution in [0.25, 0.3) is 10.6 Å². The second kappa shape index (κ2) is 9.40. The van der Waals surface area contributed by atoms with Crippen molar-refractivity contribution in [2.75, 3.05) is 25.7 Å². The van der Waals surface area contributed by atoms with Gasteiger partial charge in [-0.15, -0.1) is 11.3 Å². The van der Waals surface area contributed by atoms with Gasteiger partial charge in [-0.1, -0.05) is 18.2 Å². The van der Waals surface area contributed by atoms with Crippen molar-refractivity contribution in [1.82, 2.24) is 4.98 Å². The van der Waals surface area contributed by atoms with Gasteiger partial charge < -0.3 is 19.1 Å². The number of rotatable bonds is 7. The van der Waals surface area contributed by atoms with E-state index in [0.717, 1.165) is 28.2 Å². The molecule has 8 heteroatoms. The number of methoxy groups -OCH3 is 2. The molecular weight excluding hydrogens is 428 g/mol. The Morgan fingerprint density at radius 3 is 2.69 bits per heavy atom. The van der Waals surface area contributed by atoms with Crippen molar-refractivity contribution in [2.24, 2.45) is 0 Å². The zero-order chi connectivity index (χ0) is 22.7. The molecule has 1 aliphatic rings. The Kier molecular flexibility index (Phi) is 6.41. The Morgan fingerprint density at radius 1 is 1.12 bits per heavy atom. The molecule has 0 N–H and O–H groups in total. The number of thiazole rings is 1. The molecule has 1 aliphatic heterocycles. The molecule has 32 heavy (non-hydrogen) atoms. The summed E-state index contributed by atoms with van der Waals surface area (Å²) in [6.07, 6.45) is -0.0594.